The minimum atomic E-state index is 0.561. The molecule has 0 bridgehead atoms. The predicted octanol–water partition coefficient (Wildman–Crippen LogP) is 2.60. The Morgan fingerprint density at radius 1 is 1.38 bits per heavy atom. The summed E-state index contributed by atoms with van der Waals surface area (Å²) < 4.78 is 2.17. The van der Waals surface area contributed by atoms with Crippen LogP contribution in [-0.4, -0.2) is 21.8 Å². The van der Waals surface area contributed by atoms with Gasteiger partial charge in [-0.1, -0.05) is 12.8 Å². The highest BCUT2D eigenvalue weighted by Crippen LogP contribution is 2.34. The Hall–Kier alpha value is -0.770. The molecule has 0 N–H and O–H groups in total. The van der Waals surface area contributed by atoms with E-state index in [4.69, 9.17) is 0 Å². The highest BCUT2D eigenvalue weighted by molar-refractivity contribution is 7.98. The lowest BCUT2D eigenvalue weighted by Gasteiger charge is -2.17. The summed E-state index contributed by atoms with van der Waals surface area (Å²) in [6.45, 7) is 0. The van der Waals surface area contributed by atoms with Crippen molar-refractivity contribution in [3.05, 3.63) is 17.0 Å². The Balaban J connectivity index is 2.03. The van der Waals surface area contributed by atoms with Crippen molar-refractivity contribution in [1.29, 1.82) is 0 Å². The van der Waals surface area contributed by atoms with Gasteiger partial charge in [0.05, 0.1) is 6.04 Å². The van der Waals surface area contributed by atoms with Crippen LogP contribution in [0.25, 0.3) is 0 Å². The van der Waals surface area contributed by atoms with Crippen molar-refractivity contribution < 1.29 is 4.79 Å². The number of thioether (sulfide) groups is 1. The van der Waals surface area contributed by atoms with E-state index in [1.165, 1.54) is 42.7 Å². The summed E-state index contributed by atoms with van der Waals surface area (Å²) in [5, 5.41) is 4.53. The maximum absolute atomic E-state index is 11.0. The molecule has 3 rings (SSSR count). The van der Waals surface area contributed by atoms with Gasteiger partial charge >= 0.3 is 0 Å². The highest BCUT2D eigenvalue weighted by Gasteiger charge is 2.26. The van der Waals surface area contributed by atoms with Crippen LogP contribution in [0.5, 0.6) is 0 Å². The average molecular weight is 236 g/mol. The molecule has 1 saturated carbocycles. The topological polar surface area (TPSA) is 34.9 Å². The largest absolute Gasteiger partial charge is 0.296 e. The summed E-state index contributed by atoms with van der Waals surface area (Å²) in [6.07, 6.45) is 7.10. The Morgan fingerprint density at radius 2 is 2.19 bits per heavy atom. The zero-order chi connectivity index (χ0) is 11.0. The van der Waals surface area contributed by atoms with Gasteiger partial charge in [-0.05, 0) is 25.0 Å². The summed E-state index contributed by atoms with van der Waals surface area (Å²) in [5.41, 5.74) is 3.24. The van der Waals surface area contributed by atoms with E-state index in [9.17, 15) is 4.79 Å². The lowest BCUT2D eigenvalue weighted by atomic mass is 10.1. The number of carbonyl (C=O) groups excluding carboxylic acids is 1. The van der Waals surface area contributed by atoms with Gasteiger partial charge in [0.1, 0.15) is 5.69 Å². The third-order valence-corrected chi connectivity index (χ3v) is 4.65. The molecule has 2 heterocycles. The molecule has 0 aromatic carbocycles. The van der Waals surface area contributed by atoms with Crippen molar-refractivity contribution in [1.82, 2.24) is 9.78 Å². The fourth-order valence-corrected chi connectivity index (χ4v) is 3.83. The van der Waals surface area contributed by atoms with Crippen LogP contribution in [0.15, 0.2) is 0 Å². The second-order valence-electron chi connectivity index (χ2n) is 4.61. The molecule has 3 nitrogen and oxygen atoms in total. The number of aldehydes is 1. The molecule has 86 valence electrons. The first-order chi connectivity index (χ1) is 7.90. The number of hydrogen-bond donors (Lipinski definition) is 0. The Bertz CT molecular complexity index is 407. The fourth-order valence-electron chi connectivity index (χ4n) is 2.83. The van der Waals surface area contributed by atoms with Gasteiger partial charge in [-0.15, -0.1) is 0 Å². The average Bonchev–Trinajstić information content (AvgIpc) is 2.95. The number of aromatic nitrogens is 2. The minimum Gasteiger partial charge on any atom is -0.296 e. The van der Waals surface area contributed by atoms with Gasteiger partial charge in [0.2, 0.25) is 0 Å². The lowest BCUT2D eigenvalue weighted by molar-refractivity contribution is 0.111. The molecule has 0 atom stereocenters. The van der Waals surface area contributed by atoms with E-state index in [1.54, 1.807) is 0 Å². The zero-order valence-electron chi connectivity index (χ0n) is 9.32. The summed E-state index contributed by atoms with van der Waals surface area (Å²) in [5.74, 6) is 2.14. The summed E-state index contributed by atoms with van der Waals surface area (Å²) in [4.78, 5) is 11.0. The Kier molecular flexibility index (Phi) is 2.75. The van der Waals surface area contributed by atoms with E-state index in [1.807, 2.05) is 11.8 Å². The lowest BCUT2D eigenvalue weighted by Crippen LogP contribution is -2.13. The normalized spacial score (nSPS) is 21.0. The zero-order valence-corrected chi connectivity index (χ0v) is 10.1. The van der Waals surface area contributed by atoms with Crippen molar-refractivity contribution in [2.45, 2.75) is 43.9 Å². The van der Waals surface area contributed by atoms with Gasteiger partial charge in [0.25, 0.3) is 0 Å². The summed E-state index contributed by atoms with van der Waals surface area (Å²) in [6, 6.07) is 0.561. The molecule has 0 spiro atoms. The first kappa shape index (κ1) is 10.4. The van der Waals surface area contributed by atoms with Gasteiger partial charge in [0.15, 0.2) is 6.29 Å². The van der Waals surface area contributed by atoms with Crippen LogP contribution < -0.4 is 0 Å². The monoisotopic (exact) mass is 236 g/mol. The van der Waals surface area contributed by atoms with Gasteiger partial charge < -0.3 is 0 Å². The van der Waals surface area contributed by atoms with E-state index >= 15 is 0 Å². The van der Waals surface area contributed by atoms with Gasteiger partial charge in [-0.25, -0.2) is 0 Å². The van der Waals surface area contributed by atoms with Gasteiger partial charge in [0, 0.05) is 17.0 Å². The second-order valence-corrected chi connectivity index (χ2v) is 5.72. The molecule has 4 heteroatoms. The Labute approximate surface area is 99.6 Å². The van der Waals surface area contributed by atoms with E-state index < -0.39 is 0 Å². The minimum absolute atomic E-state index is 0.561. The molecule has 1 aliphatic carbocycles. The molecule has 0 radical (unpaired) electrons. The SMILES string of the molecule is O=Cc1nn(C2CCCC2)c2c1CSCC2. The molecule has 0 unspecified atom stereocenters. The van der Waals surface area contributed by atoms with Crippen molar-refractivity contribution >= 4 is 18.0 Å². The number of rotatable bonds is 2. The molecule has 1 aromatic rings. The quantitative estimate of drug-likeness (QED) is 0.740. The highest BCUT2D eigenvalue weighted by atomic mass is 32.2. The standard InChI is InChI=1S/C12H16N2OS/c15-7-11-10-8-16-6-5-12(10)14(13-11)9-3-1-2-4-9/h7,9H,1-6,8H2. The van der Waals surface area contributed by atoms with Crippen molar-refractivity contribution in [3.8, 4) is 0 Å². The van der Waals surface area contributed by atoms with Crippen LogP contribution in [0, 0.1) is 0 Å². The van der Waals surface area contributed by atoms with Crippen molar-refractivity contribution in [2.24, 2.45) is 0 Å². The van der Waals surface area contributed by atoms with E-state index in [0.29, 0.717) is 11.7 Å². The number of fused-ring (bicyclic) bond motifs is 1. The van der Waals surface area contributed by atoms with E-state index in [0.717, 1.165) is 18.5 Å². The molecule has 2 aliphatic rings. The maximum Gasteiger partial charge on any atom is 0.170 e. The van der Waals surface area contributed by atoms with Crippen molar-refractivity contribution in [2.75, 3.05) is 5.75 Å². The third kappa shape index (κ3) is 1.59. The molecule has 1 aromatic heterocycles. The van der Waals surface area contributed by atoms with Crippen LogP contribution in [0.2, 0.25) is 0 Å². The van der Waals surface area contributed by atoms with Crippen LogP contribution in [0.1, 0.15) is 53.5 Å². The van der Waals surface area contributed by atoms with Crippen LogP contribution >= 0.6 is 11.8 Å². The maximum atomic E-state index is 11.0. The number of carbonyl (C=O) groups is 1. The molecule has 0 amide bonds. The first-order valence-electron chi connectivity index (χ1n) is 6.03. The Morgan fingerprint density at radius 3 is 2.94 bits per heavy atom. The van der Waals surface area contributed by atoms with Crippen LogP contribution in [-0.2, 0) is 12.2 Å². The van der Waals surface area contributed by atoms with Gasteiger partial charge in [-0.2, -0.15) is 16.9 Å². The smallest absolute Gasteiger partial charge is 0.170 e. The summed E-state index contributed by atoms with van der Waals surface area (Å²) >= 11 is 1.91. The second kappa shape index (κ2) is 4.24. The van der Waals surface area contributed by atoms with Gasteiger partial charge in [-0.3, -0.25) is 9.48 Å². The van der Waals surface area contributed by atoms with Crippen LogP contribution in [0.3, 0.4) is 0 Å². The molecule has 1 fully saturated rings. The van der Waals surface area contributed by atoms with Crippen LogP contribution in [0.4, 0.5) is 0 Å². The molecule has 16 heavy (non-hydrogen) atoms. The summed E-state index contributed by atoms with van der Waals surface area (Å²) in [7, 11) is 0. The molecular weight excluding hydrogens is 220 g/mol. The fraction of sp³-hybridized carbons (Fsp3) is 0.667. The predicted molar refractivity (Wildman–Crippen MR) is 65.0 cm³/mol. The molecular formula is C12H16N2OS. The number of hydrogen-bond acceptors (Lipinski definition) is 3. The van der Waals surface area contributed by atoms with Crippen molar-refractivity contribution in [3.63, 3.8) is 0 Å². The first-order valence-corrected chi connectivity index (χ1v) is 7.19. The van der Waals surface area contributed by atoms with E-state index in [-0.39, 0.29) is 0 Å². The molecule has 1 aliphatic heterocycles. The van der Waals surface area contributed by atoms with E-state index in [2.05, 4.69) is 9.78 Å². The number of nitrogens with zero attached hydrogens (tertiary/aromatic N) is 2. The molecule has 0 saturated heterocycles. The third-order valence-electron chi connectivity index (χ3n) is 3.66.